The van der Waals surface area contributed by atoms with Gasteiger partial charge in [-0.25, -0.2) is 0 Å². The van der Waals surface area contributed by atoms with Gasteiger partial charge in [0.2, 0.25) is 0 Å². The summed E-state index contributed by atoms with van der Waals surface area (Å²) in [6.45, 7) is 2.68. The van der Waals surface area contributed by atoms with E-state index in [0.717, 1.165) is 17.0 Å². The zero-order valence-electron chi connectivity index (χ0n) is 12.6. The molecule has 2 aromatic rings. The van der Waals surface area contributed by atoms with Crippen molar-refractivity contribution in [1.29, 1.82) is 0 Å². The molecule has 23 heavy (non-hydrogen) atoms. The summed E-state index contributed by atoms with van der Waals surface area (Å²) in [5, 5.41) is 11.6. The molecule has 0 saturated heterocycles. The summed E-state index contributed by atoms with van der Waals surface area (Å²) >= 11 is 1.73. The van der Waals surface area contributed by atoms with Crippen LogP contribution in [-0.4, -0.2) is 22.6 Å². The van der Waals surface area contributed by atoms with Gasteiger partial charge in [0.05, 0.1) is 10.6 Å². The highest BCUT2D eigenvalue weighted by atomic mass is 32.2. The molecule has 1 aliphatic heterocycles. The number of carbonyl (C=O) groups excluding carboxylic acids is 1. The van der Waals surface area contributed by atoms with Gasteiger partial charge in [-0.3, -0.25) is 14.9 Å². The highest BCUT2D eigenvalue weighted by Gasteiger charge is 2.28. The Morgan fingerprint density at radius 3 is 2.70 bits per heavy atom. The van der Waals surface area contributed by atoms with Crippen molar-refractivity contribution in [2.24, 2.45) is 0 Å². The second kappa shape index (κ2) is 6.42. The molecular formula is C17H16N2O3S. The Balaban J connectivity index is 2.05. The summed E-state index contributed by atoms with van der Waals surface area (Å²) in [5.41, 5.74) is 0.803. The van der Waals surface area contributed by atoms with Gasteiger partial charge in [-0.15, -0.1) is 11.8 Å². The molecule has 2 aromatic carbocycles. The maximum absolute atomic E-state index is 13.0. The number of nitro benzene ring substituents is 1. The molecule has 1 aliphatic rings. The van der Waals surface area contributed by atoms with Crippen LogP contribution in [0.2, 0.25) is 0 Å². The van der Waals surface area contributed by atoms with Crippen molar-refractivity contribution in [2.45, 2.75) is 23.5 Å². The molecule has 0 N–H and O–H groups in total. The Labute approximate surface area is 138 Å². The Bertz CT molecular complexity index is 763. The molecule has 3 rings (SSSR count). The van der Waals surface area contributed by atoms with Crippen molar-refractivity contribution < 1.29 is 9.72 Å². The van der Waals surface area contributed by atoms with E-state index in [1.54, 1.807) is 28.8 Å². The summed E-state index contributed by atoms with van der Waals surface area (Å²) < 4.78 is 0. The first-order valence-electron chi connectivity index (χ1n) is 7.39. The van der Waals surface area contributed by atoms with E-state index in [9.17, 15) is 14.9 Å². The van der Waals surface area contributed by atoms with Gasteiger partial charge in [0.15, 0.2) is 0 Å². The highest BCUT2D eigenvalue weighted by molar-refractivity contribution is 8.00. The second-order valence-electron chi connectivity index (χ2n) is 5.42. The van der Waals surface area contributed by atoms with Gasteiger partial charge in [0, 0.05) is 22.8 Å². The van der Waals surface area contributed by atoms with Crippen LogP contribution in [0.1, 0.15) is 23.7 Å². The lowest BCUT2D eigenvalue weighted by molar-refractivity contribution is -0.385. The van der Waals surface area contributed by atoms with Gasteiger partial charge in [-0.05, 0) is 24.6 Å². The first-order valence-corrected chi connectivity index (χ1v) is 8.27. The molecule has 0 fully saturated rings. The van der Waals surface area contributed by atoms with Crippen LogP contribution >= 0.6 is 11.8 Å². The number of nitrogens with zero attached hydrogens (tertiary/aromatic N) is 2. The molecule has 1 amide bonds. The van der Waals surface area contributed by atoms with Gasteiger partial charge in [-0.2, -0.15) is 0 Å². The first kappa shape index (κ1) is 15.6. The third kappa shape index (κ3) is 3.07. The van der Waals surface area contributed by atoms with Crippen molar-refractivity contribution in [3.63, 3.8) is 0 Å². The van der Waals surface area contributed by atoms with Crippen LogP contribution in [0.4, 0.5) is 11.4 Å². The maximum atomic E-state index is 13.0. The second-order valence-corrected chi connectivity index (χ2v) is 6.90. The van der Waals surface area contributed by atoms with Gasteiger partial charge >= 0.3 is 0 Å². The zero-order valence-corrected chi connectivity index (χ0v) is 13.5. The molecular weight excluding hydrogens is 312 g/mol. The molecule has 0 aliphatic carbocycles. The first-order chi connectivity index (χ1) is 11.1. The number of amides is 1. The van der Waals surface area contributed by atoms with Crippen LogP contribution in [0.5, 0.6) is 0 Å². The quantitative estimate of drug-likeness (QED) is 0.614. The van der Waals surface area contributed by atoms with Crippen molar-refractivity contribution in [3.8, 4) is 0 Å². The predicted octanol–water partition coefficient (Wildman–Crippen LogP) is 4.13. The summed E-state index contributed by atoms with van der Waals surface area (Å²) in [5.74, 6) is -0.320. The zero-order chi connectivity index (χ0) is 16.4. The topological polar surface area (TPSA) is 63.5 Å². The van der Waals surface area contributed by atoms with Crippen LogP contribution in [0.25, 0.3) is 0 Å². The SMILES string of the molecule is CC1CCN(C(=O)c2ccccc2[N+](=O)[O-])c2ccccc2S1. The summed E-state index contributed by atoms with van der Waals surface area (Å²) in [6, 6.07) is 13.8. The lowest BCUT2D eigenvalue weighted by Crippen LogP contribution is -2.32. The van der Waals surface area contributed by atoms with Crippen LogP contribution in [0, 0.1) is 10.1 Å². The molecule has 118 valence electrons. The van der Waals surface area contributed by atoms with E-state index in [1.165, 1.54) is 12.1 Å². The lowest BCUT2D eigenvalue weighted by atomic mass is 10.1. The Kier molecular flexibility index (Phi) is 4.34. The van der Waals surface area contributed by atoms with Crippen molar-refractivity contribution in [1.82, 2.24) is 0 Å². The summed E-state index contributed by atoms with van der Waals surface area (Å²) in [7, 11) is 0. The standard InChI is InChI=1S/C17H16N2O3S/c1-12-10-11-18(15-8-4-5-9-16(15)23-12)17(20)13-6-2-3-7-14(13)19(21)22/h2-9,12H,10-11H2,1H3. The molecule has 5 nitrogen and oxygen atoms in total. The monoisotopic (exact) mass is 328 g/mol. The van der Waals surface area contributed by atoms with Crippen LogP contribution in [0.15, 0.2) is 53.4 Å². The fraction of sp³-hybridized carbons (Fsp3) is 0.235. The highest BCUT2D eigenvalue weighted by Crippen LogP contribution is 2.38. The molecule has 6 heteroatoms. The van der Waals surface area contributed by atoms with E-state index in [0.29, 0.717) is 11.8 Å². The number of nitro groups is 1. The largest absolute Gasteiger partial charge is 0.307 e. The van der Waals surface area contributed by atoms with E-state index in [4.69, 9.17) is 0 Å². The van der Waals surface area contributed by atoms with Gasteiger partial charge < -0.3 is 4.90 Å². The summed E-state index contributed by atoms with van der Waals surface area (Å²) in [4.78, 5) is 26.4. The van der Waals surface area contributed by atoms with E-state index in [2.05, 4.69) is 6.92 Å². The molecule has 0 radical (unpaired) electrons. The molecule has 1 atom stereocenters. The number of hydrogen-bond donors (Lipinski definition) is 0. The average Bonchev–Trinajstić information content (AvgIpc) is 2.72. The van der Waals surface area contributed by atoms with E-state index in [-0.39, 0.29) is 17.2 Å². The molecule has 0 aromatic heterocycles. The van der Waals surface area contributed by atoms with E-state index < -0.39 is 4.92 Å². The number of rotatable bonds is 2. The molecule has 1 unspecified atom stereocenters. The Morgan fingerprint density at radius 1 is 1.22 bits per heavy atom. The van der Waals surface area contributed by atoms with Crippen LogP contribution < -0.4 is 4.90 Å². The number of fused-ring (bicyclic) bond motifs is 1. The van der Waals surface area contributed by atoms with Crippen molar-refractivity contribution in [2.75, 3.05) is 11.4 Å². The minimum atomic E-state index is -0.506. The fourth-order valence-electron chi connectivity index (χ4n) is 2.66. The third-order valence-corrected chi connectivity index (χ3v) is 5.06. The normalized spacial score (nSPS) is 17.3. The van der Waals surface area contributed by atoms with Crippen molar-refractivity contribution >= 4 is 29.0 Å². The minimum absolute atomic E-state index is 0.131. The van der Waals surface area contributed by atoms with Gasteiger partial charge in [0.1, 0.15) is 5.56 Å². The third-order valence-electron chi connectivity index (χ3n) is 3.82. The molecule has 0 bridgehead atoms. The number of hydrogen-bond acceptors (Lipinski definition) is 4. The fourth-order valence-corrected chi connectivity index (χ4v) is 3.77. The molecule has 0 saturated carbocycles. The number of anilines is 1. The van der Waals surface area contributed by atoms with E-state index in [1.807, 2.05) is 24.3 Å². The minimum Gasteiger partial charge on any atom is -0.307 e. The van der Waals surface area contributed by atoms with E-state index >= 15 is 0 Å². The van der Waals surface area contributed by atoms with Gasteiger partial charge in [-0.1, -0.05) is 31.2 Å². The maximum Gasteiger partial charge on any atom is 0.282 e. The molecule has 0 spiro atoms. The number of para-hydroxylation sites is 2. The number of thioether (sulfide) groups is 1. The van der Waals surface area contributed by atoms with Crippen LogP contribution in [-0.2, 0) is 0 Å². The van der Waals surface area contributed by atoms with Crippen LogP contribution in [0.3, 0.4) is 0 Å². The van der Waals surface area contributed by atoms with Gasteiger partial charge in [0.25, 0.3) is 11.6 Å². The predicted molar refractivity (Wildman–Crippen MR) is 91.2 cm³/mol. The lowest BCUT2D eigenvalue weighted by Gasteiger charge is -2.22. The smallest absolute Gasteiger partial charge is 0.282 e. The number of carbonyl (C=O) groups is 1. The average molecular weight is 328 g/mol. The Morgan fingerprint density at radius 2 is 1.91 bits per heavy atom. The number of benzene rings is 2. The Hall–Kier alpha value is -2.34. The summed E-state index contributed by atoms with van der Waals surface area (Å²) in [6.07, 6.45) is 0.839. The molecule has 1 heterocycles. The van der Waals surface area contributed by atoms with Crippen molar-refractivity contribution in [3.05, 3.63) is 64.2 Å².